The number of aromatic nitrogens is 2. The molecule has 0 unspecified atom stereocenters. The molecule has 0 aliphatic carbocycles. The molecule has 1 heterocycles. The van der Waals surface area contributed by atoms with E-state index in [1.165, 1.54) is 5.56 Å². The highest BCUT2D eigenvalue weighted by atomic mass is 35.5. The third-order valence-electron chi connectivity index (χ3n) is 3.70. The topological polar surface area (TPSA) is 68.0 Å². The fraction of sp³-hybridized carbons (Fsp3) is 0.211. The van der Waals surface area contributed by atoms with Crippen molar-refractivity contribution in [2.24, 2.45) is 0 Å². The Bertz CT molecular complexity index is 842. The number of carbonyl (C=O) groups excluding carboxylic acids is 1. The number of hydrogen-bond acceptors (Lipinski definition) is 4. The second-order valence-electron chi connectivity index (χ2n) is 5.79. The average molecular weight is 356 g/mol. The lowest BCUT2D eigenvalue weighted by Crippen LogP contribution is -2.11. The van der Waals surface area contributed by atoms with Gasteiger partial charge in [-0.05, 0) is 37.6 Å². The Morgan fingerprint density at radius 1 is 1.12 bits per heavy atom. The average Bonchev–Trinajstić information content (AvgIpc) is 3.06. The van der Waals surface area contributed by atoms with Gasteiger partial charge in [0, 0.05) is 29.1 Å². The van der Waals surface area contributed by atoms with Gasteiger partial charge < -0.3 is 9.84 Å². The highest BCUT2D eigenvalue weighted by Crippen LogP contribution is 2.17. The van der Waals surface area contributed by atoms with Crippen LogP contribution in [0.4, 0.5) is 5.69 Å². The van der Waals surface area contributed by atoms with E-state index >= 15 is 0 Å². The van der Waals surface area contributed by atoms with Crippen LogP contribution in [0.15, 0.2) is 53.1 Å². The van der Waals surface area contributed by atoms with E-state index in [0.29, 0.717) is 36.0 Å². The van der Waals surface area contributed by atoms with Crippen LogP contribution in [-0.2, 0) is 11.2 Å². The first-order valence-electron chi connectivity index (χ1n) is 8.05. The van der Waals surface area contributed by atoms with E-state index in [-0.39, 0.29) is 5.91 Å². The molecule has 0 spiro atoms. The van der Waals surface area contributed by atoms with Crippen LogP contribution in [-0.4, -0.2) is 16.0 Å². The van der Waals surface area contributed by atoms with E-state index in [4.69, 9.17) is 16.1 Å². The standard InChI is InChI=1S/C19H18ClN3O2/c1-13-5-7-14(8-6-13)19-22-18(25-23-19)4-2-3-17(24)21-16-11-9-15(20)10-12-16/h5-12H,2-4H2,1H3,(H,21,24). The summed E-state index contributed by atoms with van der Waals surface area (Å²) in [6.45, 7) is 2.03. The quantitative estimate of drug-likeness (QED) is 0.698. The Morgan fingerprint density at radius 2 is 1.84 bits per heavy atom. The number of benzene rings is 2. The first-order valence-corrected chi connectivity index (χ1v) is 8.43. The molecule has 0 atom stereocenters. The summed E-state index contributed by atoms with van der Waals surface area (Å²) in [4.78, 5) is 16.3. The predicted octanol–water partition coefficient (Wildman–Crippen LogP) is 4.66. The molecule has 3 rings (SSSR count). The minimum atomic E-state index is -0.0550. The van der Waals surface area contributed by atoms with E-state index in [1.807, 2.05) is 31.2 Å². The molecule has 0 saturated carbocycles. The van der Waals surface area contributed by atoms with Crippen molar-refractivity contribution in [3.8, 4) is 11.4 Å². The van der Waals surface area contributed by atoms with Crippen LogP contribution >= 0.6 is 11.6 Å². The summed E-state index contributed by atoms with van der Waals surface area (Å²) >= 11 is 5.82. The maximum absolute atomic E-state index is 11.9. The molecule has 2 aromatic carbocycles. The molecule has 0 saturated heterocycles. The summed E-state index contributed by atoms with van der Waals surface area (Å²) in [7, 11) is 0. The summed E-state index contributed by atoms with van der Waals surface area (Å²) in [5.74, 6) is 1.05. The molecule has 5 nitrogen and oxygen atoms in total. The van der Waals surface area contributed by atoms with Crippen LogP contribution in [0, 0.1) is 6.92 Å². The molecular weight excluding hydrogens is 338 g/mol. The summed E-state index contributed by atoms with van der Waals surface area (Å²) in [5, 5.41) is 7.46. The zero-order chi connectivity index (χ0) is 17.6. The number of hydrogen-bond donors (Lipinski definition) is 1. The Hall–Kier alpha value is -2.66. The van der Waals surface area contributed by atoms with Crippen LogP contribution in [0.5, 0.6) is 0 Å². The van der Waals surface area contributed by atoms with Gasteiger partial charge >= 0.3 is 0 Å². The smallest absolute Gasteiger partial charge is 0.226 e. The van der Waals surface area contributed by atoms with Crippen LogP contribution in [0.3, 0.4) is 0 Å². The van der Waals surface area contributed by atoms with Crippen LogP contribution in [0.1, 0.15) is 24.3 Å². The van der Waals surface area contributed by atoms with Crippen LogP contribution in [0.2, 0.25) is 5.02 Å². The molecule has 1 N–H and O–H groups in total. The molecule has 0 radical (unpaired) electrons. The number of nitrogens with one attached hydrogen (secondary N) is 1. The Morgan fingerprint density at radius 3 is 2.56 bits per heavy atom. The molecule has 1 aromatic heterocycles. The second-order valence-corrected chi connectivity index (χ2v) is 6.22. The highest BCUT2D eigenvalue weighted by molar-refractivity contribution is 6.30. The van der Waals surface area contributed by atoms with Crippen molar-refractivity contribution in [3.05, 3.63) is 65.0 Å². The van der Waals surface area contributed by atoms with E-state index in [9.17, 15) is 4.79 Å². The molecule has 25 heavy (non-hydrogen) atoms. The highest BCUT2D eigenvalue weighted by Gasteiger charge is 2.09. The number of rotatable bonds is 6. The zero-order valence-corrected chi connectivity index (χ0v) is 14.6. The van der Waals surface area contributed by atoms with Gasteiger partial charge in [-0.2, -0.15) is 4.98 Å². The van der Waals surface area contributed by atoms with Crippen molar-refractivity contribution in [3.63, 3.8) is 0 Å². The number of anilines is 1. The first kappa shape index (κ1) is 17.2. The molecule has 0 bridgehead atoms. The maximum atomic E-state index is 11.9. The maximum Gasteiger partial charge on any atom is 0.226 e. The number of carbonyl (C=O) groups is 1. The number of nitrogens with zero attached hydrogens (tertiary/aromatic N) is 2. The van der Waals surface area contributed by atoms with Crippen molar-refractivity contribution in [1.82, 2.24) is 10.1 Å². The van der Waals surface area contributed by atoms with E-state index in [2.05, 4.69) is 15.5 Å². The number of amides is 1. The Kier molecular flexibility index (Phi) is 5.46. The minimum absolute atomic E-state index is 0.0550. The van der Waals surface area contributed by atoms with Gasteiger partial charge in [0.15, 0.2) is 0 Å². The molecule has 0 fully saturated rings. The van der Waals surface area contributed by atoms with Gasteiger partial charge in [-0.25, -0.2) is 0 Å². The van der Waals surface area contributed by atoms with Crippen molar-refractivity contribution < 1.29 is 9.32 Å². The Balaban J connectivity index is 1.48. The van der Waals surface area contributed by atoms with E-state index in [1.54, 1.807) is 24.3 Å². The largest absolute Gasteiger partial charge is 0.339 e. The van der Waals surface area contributed by atoms with Gasteiger partial charge in [0.2, 0.25) is 17.6 Å². The molecule has 0 aliphatic heterocycles. The van der Waals surface area contributed by atoms with E-state index in [0.717, 1.165) is 11.3 Å². The first-order chi connectivity index (χ1) is 12.1. The summed E-state index contributed by atoms with van der Waals surface area (Å²) in [6.07, 6.45) is 1.58. The minimum Gasteiger partial charge on any atom is -0.339 e. The van der Waals surface area contributed by atoms with Gasteiger partial charge in [0.05, 0.1) is 0 Å². The fourth-order valence-corrected chi connectivity index (χ4v) is 2.46. The molecule has 6 heteroatoms. The number of halogens is 1. The number of aryl methyl sites for hydroxylation is 2. The molecule has 1 amide bonds. The Labute approximate surface area is 151 Å². The van der Waals surface area contributed by atoms with Crippen molar-refractivity contribution in [2.45, 2.75) is 26.2 Å². The predicted molar refractivity (Wildman–Crippen MR) is 97.5 cm³/mol. The summed E-state index contributed by atoms with van der Waals surface area (Å²) in [5.41, 5.74) is 2.83. The SMILES string of the molecule is Cc1ccc(-c2noc(CCCC(=O)Nc3ccc(Cl)cc3)n2)cc1. The third-order valence-corrected chi connectivity index (χ3v) is 3.95. The van der Waals surface area contributed by atoms with Gasteiger partial charge in [-0.15, -0.1) is 0 Å². The van der Waals surface area contributed by atoms with Crippen LogP contribution in [0.25, 0.3) is 11.4 Å². The zero-order valence-electron chi connectivity index (χ0n) is 13.8. The van der Waals surface area contributed by atoms with Crippen molar-refractivity contribution in [2.75, 3.05) is 5.32 Å². The lowest BCUT2D eigenvalue weighted by atomic mass is 10.1. The molecule has 0 aliphatic rings. The fourth-order valence-electron chi connectivity index (χ4n) is 2.33. The van der Waals surface area contributed by atoms with Gasteiger partial charge in [-0.3, -0.25) is 4.79 Å². The summed E-state index contributed by atoms with van der Waals surface area (Å²) < 4.78 is 5.26. The monoisotopic (exact) mass is 355 g/mol. The van der Waals surface area contributed by atoms with Gasteiger partial charge in [0.25, 0.3) is 0 Å². The van der Waals surface area contributed by atoms with Gasteiger partial charge in [0.1, 0.15) is 0 Å². The third kappa shape index (κ3) is 4.90. The van der Waals surface area contributed by atoms with Crippen molar-refractivity contribution in [1.29, 1.82) is 0 Å². The van der Waals surface area contributed by atoms with Crippen molar-refractivity contribution >= 4 is 23.2 Å². The summed E-state index contributed by atoms with van der Waals surface area (Å²) in [6, 6.07) is 15.0. The van der Waals surface area contributed by atoms with E-state index < -0.39 is 0 Å². The molecule has 128 valence electrons. The lowest BCUT2D eigenvalue weighted by molar-refractivity contribution is -0.116. The molecular formula is C19H18ClN3O2. The second kappa shape index (κ2) is 7.94. The molecule has 3 aromatic rings. The lowest BCUT2D eigenvalue weighted by Gasteiger charge is -2.04. The van der Waals surface area contributed by atoms with Crippen LogP contribution < -0.4 is 5.32 Å². The normalized spacial score (nSPS) is 10.6. The van der Waals surface area contributed by atoms with Gasteiger partial charge in [-0.1, -0.05) is 46.6 Å².